The molecule has 0 aliphatic carbocycles. The summed E-state index contributed by atoms with van der Waals surface area (Å²) in [6.07, 6.45) is 3.17. The first-order valence-corrected chi connectivity index (χ1v) is 10.1. The Labute approximate surface area is 173 Å². The van der Waals surface area contributed by atoms with Crippen molar-refractivity contribution < 1.29 is 14.2 Å². The van der Waals surface area contributed by atoms with Crippen molar-refractivity contribution in [3.8, 4) is 17.2 Å². The fraction of sp³-hybridized carbons (Fsp3) is 0.360. The van der Waals surface area contributed by atoms with Crippen LogP contribution in [0.3, 0.4) is 0 Å². The molecule has 0 aromatic heterocycles. The molecule has 29 heavy (non-hydrogen) atoms. The zero-order valence-electron chi connectivity index (χ0n) is 17.8. The van der Waals surface area contributed by atoms with E-state index in [0.717, 1.165) is 48.4 Å². The molecule has 0 bridgehead atoms. The monoisotopic (exact) mass is 393 g/mol. The number of ether oxygens (including phenoxy) is 3. The molecule has 3 aromatic carbocycles. The van der Waals surface area contributed by atoms with E-state index in [1.807, 2.05) is 24.3 Å². The van der Waals surface area contributed by atoms with Crippen LogP contribution in [-0.4, -0.2) is 33.9 Å². The van der Waals surface area contributed by atoms with Gasteiger partial charge in [0.15, 0.2) is 11.5 Å². The molecule has 0 aliphatic rings. The molecule has 4 nitrogen and oxygen atoms in total. The molecule has 154 valence electrons. The molecule has 0 saturated carbocycles. The standard InChI is InChI=1S/C25H31NO3/c1-18(5-6-19-8-11-23(27-2)12-9-19)26-14-13-20-7-10-21-16-24(28-3)25(29-4)17-22(21)15-20/h7-12,15-18,26H,5-6,13-14H2,1-4H3. The van der Waals surface area contributed by atoms with E-state index < -0.39 is 0 Å². The first-order valence-electron chi connectivity index (χ1n) is 10.1. The molecule has 0 aliphatic heterocycles. The molecule has 3 rings (SSSR count). The summed E-state index contributed by atoms with van der Waals surface area (Å²) in [6, 6.07) is 19.5. The van der Waals surface area contributed by atoms with Gasteiger partial charge in [-0.1, -0.05) is 30.3 Å². The largest absolute Gasteiger partial charge is 0.497 e. The lowest BCUT2D eigenvalue weighted by Gasteiger charge is -2.14. The summed E-state index contributed by atoms with van der Waals surface area (Å²) in [5.74, 6) is 2.44. The quantitative estimate of drug-likeness (QED) is 0.525. The third-order valence-corrected chi connectivity index (χ3v) is 5.34. The van der Waals surface area contributed by atoms with Gasteiger partial charge in [0, 0.05) is 6.04 Å². The molecule has 1 N–H and O–H groups in total. The number of fused-ring (bicyclic) bond motifs is 1. The summed E-state index contributed by atoms with van der Waals surface area (Å²) in [5, 5.41) is 5.98. The van der Waals surface area contributed by atoms with Crippen molar-refractivity contribution >= 4 is 10.8 Å². The van der Waals surface area contributed by atoms with Crippen molar-refractivity contribution in [3.05, 3.63) is 65.7 Å². The van der Waals surface area contributed by atoms with Crippen molar-refractivity contribution in [3.63, 3.8) is 0 Å². The summed E-state index contributed by atoms with van der Waals surface area (Å²) in [5.41, 5.74) is 2.66. The Hall–Kier alpha value is -2.72. The first kappa shape index (κ1) is 21.0. The fourth-order valence-corrected chi connectivity index (χ4v) is 3.52. The van der Waals surface area contributed by atoms with Crippen molar-refractivity contribution in [2.24, 2.45) is 0 Å². The van der Waals surface area contributed by atoms with Gasteiger partial charge in [0.2, 0.25) is 0 Å². The lowest BCUT2D eigenvalue weighted by atomic mass is 10.0. The van der Waals surface area contributed by atoms with Gasteiger partial charge in [0.05, 0.1) is 21.3 Å². The zero-order chi connectivity index (χ0) is 20.6. The molecule has 0 saturated heterocycles. The van der Waals surface area contributed by atoms with E-state index in [1.54, 1.807) is 21.3 Å². The molecule has 1 atom stereocenters. The Morgan fingerprint density at radius 3 is 2.03 bits per heavy atom. The molecule has 3 aromatic rings. The number of benzene rings is 3. The van der Waals surface area contributed by atoms with Crippen LogP contribution in [0, 0.1) is 0 Å². The van der Waals surface area contributed by atoms with Gasteiger partial charge in [0.25, 0.3) is 0 Å². The number of rotatable bonds is 10. The Bertz CT molecular complexity index is 921. The second kappa shape index (κ2) is 10.2. The smallest absolute Gasteiger partial charge is 0.161 e. The van der Waals surface area contributed by atoms with Gasteiger partial charge in [-0.3, -0.25) is 0 Å². The van der Waals surface area contributed by atoms with Crippen LogP contribution in [0.4, 0.5) is 0 Å². The van der Waals surface area contributed by atoms with E-state index in [1.165, 1.54) is 16.5 Å². The van der Waals surface area contributed by atoms with Crippen molar-refractivity contribution in [2.75, 3.05) is 27.9 Å². The number of nitrogens with one attached hydrogen (secondary N) is 1. The van der Waals surface area contributed by atoms with Crippen LogP contribution in [0.15, 0.2) is 54.6 Å². The predicted molar refractivity (Wildman–Crippen MR) is 120 cm³/mol. The number of methoxy groups -OCH3 is 3. The van der Waals surface area contributed by atoms with Crippen molar-refractivity contribution in [1.82, 2.24) is 5.32 Å². The van der Waals surface area contributed by atoms with E-state index in [2.05, 4.69) is 42.6 Å². The molecule has 0 heterocycles. The average Bonchev–Trinajstić information content (AvgIpc) is 2.77. The van der Waals surface area contributed by atoms with E-state index in [9.17, 15) is 0 Å². The molecule has 4 heteroatoms. The zero-order valence-corrected chi connectivity index (χ0v) is 17.8. The molecule has 0 amide bonds. The van der Waals surface area contributed by atoms with Crippen LogP contribution < -0.4 is 19.5 Å². The molecule has 1 unspecified atom stereocenters. The number of aryl methyl sites for hydroxylation is 1. The topological polar surface area (TPSA) is 39.7 Å². The van der Waals surface area contributed by atoms with Crippen molar-refractivity contribution in [1.29, 1.82) is 0 Å². The maximum atomic E-state index is 5.43. The Morgan fingerprint density at radius 1 is 0.724 bits per heavy atom. The van der Waals surface area contributed by atoms with E-state index in [0.29, 0.717) is 6.04 Å². The van der Waals surface area contributed by atoms with Gasteiger partial charge in [-0.25, -0.2) is 0 Å². The lowest BCUT2D eigenvalue weighted by molar-refractivity contribution is 0.356. The minimum Gasteiger partial charge on any atom is -0.497 e. The molecule has 0 radical (unpaired) electrons. The minimum atomic E-state index is 0.474. The summed E-state index contributed by atoms with van der Waals surface area (Å²) in [6.45, 7) is 3.21. The van der Waals surface area contributed by atoms with Gasteiger partial charge in [-0.05, 0) is 78.9 Å². The van der Waals surface area contributed by atoms with E-state index in [4.69, 9.17) is 14.2 Å². The number of hydrogen-bond donors (Lipinski definition) is 1. The van der Waals surface area contributed by atoms with Crippen LogP contribution in [0.25, 0.3) is 10.8 Å². The highest BCUT2D eigenvalue weighted by molar-refractivity contribution is 5.86. The predicted octanol–water partition coefficient (Wildman–Crippen LogP) is 5.02. The summed E-state index contributed by atoms with van der Waals surface area (Å²) in [4.78, 5) is 0. The Morgan fingerprint density at radius 2 is 1.38 bits per heavy atom. The molecule has 0 fully saturated rings. The molecular formula is C25H31NO3. The van der Waals surface area contributed by atoms with Crippen LogP contribution in [0.2, 0.25) is 0 Å². The highest BCUT2D eigenvalue weighted by Crippen LogP contribution is 2.32. The normalized spacial score (nSPS) is 12.0. The maximum absolute atomic E-state index is 5.43. The lowest BCUT2D eigenvalue weighted by Crippen LogP contribution is -2.28. The molecule has 0 spiro atoms. The van der Waals surface area contributed by atoms with Gasteiger partial charge < -0.3 is 19.5 Å². The third-order valence-electron chi connectivity index (χ3n) is 5.34. The Balaban J connectivity index is 1.50. The van der Waals surface area contributed by atoms with Gasteiger partial charge in [-0.2, -0.15) is 0 Å². The van der Waals surface area contributed by atoms with Crippen LogP contribution in [0.5, 0.6) is 17.2 Å². The average molecular weight is 394 g/mol. The second-order valence-electron chi connectivity index (χ2n) is 7.38. The van der Waals surface area contributed by atoms with Crippen LogP contribution >= 0.6 is 0 Å². The van der Waals surface area contributed by atoms with Gasteiger partial charge >= 0.3 is 0 Å². The van der Waals surface area contributed by atoms with E-state index in [-0.39, 0.29) is 0 Å². The first-order chi connectivity index (χ1) is 14.1. The number of hydrogen-bond acceptors (Lipinski definition) is 4. The molecular weight excluding hydrogens is 362 g/mol. The summed E-state index contributed by atoms with van der Waals surface area (Å²) < 4.78 is 16.0. The van der Waals surface area contributed by atoms with Crippen LogP contribution in [0.1, 0.15) is 24.5 Å². The summed E-state index contributed by atoms with van der Waals surface area (Å²) >= 11 is 0. The van der Waals surface area contributed by atoms with E-state index >= 15 is 0 Å². The van der Waals surface area contributed by atoms with Gasteiger partial charge in [0.1, 0.15) is 5.75 Å². The fourth-order valence-electron chi connectivity index (χ4n) is 3.52. The summed E-state index contributed by atoms with van der Waals surface area (Å²) in [7, 11) is 5.04. The maximum Gasteiger partial charge on any atom is 0.161 e. The second-order valence-corrected chi connectivity index (χ2v) is 7.38. The Kier molecular flexibility index (Phi) is 7.36. The SMILES string of the molecule is COc1ccc(CCC(C)NCCc2ccc3cc(OC)c(OC)cc3c2)cc1. The highest BCUT2D eigenvalue weighted by Gasteiger charge is 2.07. The van der Waals surface area contributed by atoms with Crippen LogP contribution in [-0.2, 0) is 12.8 Å². The van der Waals surface area contributed by atoms with Crippen molar-refractivity contribution in [2.45, 2.75) is 32.2 Å². The van der Waals surface area contributed by atoms with Gasteiger partial charge in [-0.15, -0.1) is 0 Å². The minimum absolute atomic E-state index is 0.474. The third kappa shape index (κ3) is 5.64. The highest BCUT2D eigenvalue weighted by atomic mass is 16.5.